The van der Waals surface area contributed by atoms with Gasteiger partial charge in [0, 0.05) is 28.7 Å². The van der Waals surface area contributed by atoms with Crippen LogP contribution >= 0.6 is 11.6 Å². The minimum Gasteiger partial charge on any atom is -0.484 e. The Labute approximate surface area is 156 Å². The Kier molecular flexibility index (Phi) is 5.49. The van der Waals surface area contributed by atoms with Crippen LogP contribution in [0.3, 0.4) is 0 Å². The fraction of sp³-hybridized carbons (Fsp3) is 0.333. The molecule has 3 aromatic rings. The zero-order valence-electron chi connectivity index (χ0n) is 14.9. The van der Waals surface area contributed by atoms with E-state index in [4.69, 9.17) is 20.9 Å². The standard InChI is InChI=1S/C18H21ClN4O3/c1-11-4-14(26-22-11)10-25-17-7-16-12(6-15(17)19)5-13(21-16)8-20-18(24)9-23(2)3/h4-7,21H,8-10H2,1-3H3,(H,20,24). The summed E-state index contributed by atoms with van der Waals surface area (Å²) in [7, 11) is 3.71. The monoisotopic (exact) mass is 376 g/mol. The van der Waals surface area contributed by atoms with Crippen LogP contribution in [0.1, 0.15) is 17.1 Å². The first-order chi connectivity index (χ1) is 12.4. The molecule has 0 unspecified atom stereocenters. The molecule has 0 saturated carbocycles. The van der Waals surface area contributed by atoms with Crippen LogP contribution in [-0.2, 0) is 17.9 Å². The van der Waals surface area contributed by atoms with Crippen molar-refractivity contribution in [2.24, 2.45) is 0 Å². The second-order valence-electron chi connectivity index (χ2n) is 6.40. The molecule has 0 aliphatic heterocycles. The van der Waals surface area contributed by atoms with E-state index in [2.05, 4.69) is 15.5 Å². The normalized spacial score (nSPS) is 11.3. The third-order valence-electron chi connectivity index (χ3n) is 3.71. The van der Waals surface area contributed by atoms with Crippen molar-refractivity contribution in [3.8, 4) is 5.75 Å². The van der Waals surface area contributed by atoms with Gasteiger partial charge in [-0.3, -0.25) is 4.79 Å². The first kappa shape index (κ1) is 18.3. The molecule has 2 heterocycles. The van der Waals surface area contributed by atoms with Gasteiger partial charge < -0.3 is 24.5 Å². The average molecular weight is 377 g/mol. The van der Waals surface area contributed by atoms with Crippen LogP contribution in [0.15, 0.2) is 28.8 Å². The third-order valence-corrected chi connectivity index (χ3v) is 4.01. The van der Waals surface area contributed by atoms with Crippen molar-refractivity contribution >= 4 is 28.4 Å². The van der Waals surface area contributed by atoms with E-state index in [1.807, 2.05) is 50.2 Å². The summed E-state index contributed by atoms with van der Waals surface area (Å²) in [4.78, 5) is 16.8. The average Bonchev–Trinajstić information content (AvgIpc) is 3.15. The molecule has 0 fully saturated rings. The number of halogens is 1. The van der Waals surface area contributed by atoms with Crippen LogP contribution in [-0.4, -0.2) is 41.6 Å². The number of carbonyl (C=O) groups is 1. The van der Waals surface area contributed by atoms with Crippen molar-refractivity contribution in [3.05, 3.63) is 46.4 Å². The number of benzene rings is 1. The highest BCUT2D eigenvalue weighted by Gasteiger charge is 2.10. The molecular weight excluding hydrogens is 356 g/mol. The van der Waals surface area contributed by atoms with Crippen LogP contribution in [0.4, 0.5) is 0 Å². The maximum atomic E-state index is 11.8. The van der Waals surface area contributed by atoms with E-state index in [-0.39, 0.29) is 12.5 Å². The van der Waals surface area contributed by atoms with Crippen molar-refractivity contribution in [2.45, 2.75) is 20.1 Å². The number of nitrogens with one attached hydrogen (secondary N) is 2. The number of H-pyrrole nitrogens is 1. The highest BCUT2D eigenvalue weighted by atomic mass is 35.5. The number of ether oxygens (including phenoxy) is 1. The van der Waals surface area contributed by atoms with Gasteiger partial charge in [0.1, 0.15) is 12.4 Å². The Hall–Kier alpha value is -2.51. The van der Waals surface area contributed by atoms with E-state index in [1.54, 1.807) is 0 Å². The Morgan fingerprint density at radius 1 is 1.35 bits per heavy atom. The summed E-state index contributed by atoms with van der Waals surface area (Å²) in [6, 6.07) is 7.45. The fourth-order valence-electron chi connectivity index (χ4n) is 2.57. The highest BCUT2D eigenvalue weighted by Crippen LogP contribution is 2.31. The van der Waals surface area contributed by atoms with Crippen LogP contribution in [0.2, 0.25) is 5.02 Å². The van der Waals surface area contributed by atoms with Crippen LogP contribution in [0, 0.1) is 6.92 Å². The highest BCUT2D eigenvalue weighted by molar-refractivity contribution is 6.32. The molecule has 0 aliphatic rings. The van der Waals surface area contributed by atoms with Gasteiger partial charge in [-0.05, 0) is 33.2 Å². The predicted octanol–water partition coefficient (Wildman–Crippen LogP) is 2.87. The van der Waals surface area contributed by atoms with Crippen molar-refractivity contribution in [1.82, 2.24) is 20.4 Å². The molecule has 7 nitrogen and oxygen atoms in total. The Bertz CT molecular complexity index is 916. The molecule has 8 heteroatoms. The molecule has 26 heavy (non-hydrogen) atoms. The van der Waals surface area contributed by atoms with E-state index in [0.717, 1.165) is 22.3 Å². The number of rotatable bonds is 7. The zero-order valence-corrected chi connectivity index (χ0v) is 15.7. The Balaban J connectivity index is 1.68. The molecule has 2 aromatic heterocycles. The summed E-state index contributed by atoms with van der Waals surface area (Å²) in [5.74, 6) is 1.16. The summed E-state index contributed by atoms with van der Waals surface area (Å²) in [6.07, 6.45) is 0. The fourth-order valence-corrected chi connectivity index (χ4v) is 2.80. The second kappa shape index (κ2) is 7.80. The molecule has 0 radical (unpaired) electrons. The van der Waals surface area contributed by atoms with Gasteiger partial charge in [-0.15, -0.1) is 0 Å². The lowest BCUT2D eigenvalue weighted by Gasteiger charge is -2.09. The largest absolute Gasteiger partial charge is 0.484 e. The summed E-state index contributed by atoms with van der Waals surface area (Å²) in [5.41, 5.74) is 2.58. The van der Waals surface area contributed by atoms with Crippen LogP contribution < -0.4 is 10.1 Å². The molecule has 1 amide bonds. The van der Waals surface area contributed by atoms with Gasteiger partial charge in [0.2, 0.25) is 5.91 Å². The summed E-state index contributed by atoms with van der Waals surface area (Å²) >= 11 is 6.31. The predicted molar refractivity (Wildman–Crippen MR) is 99.3 cm³/mol. The van der Waals surface area contributed by atoms with Crippen molar-refractivity contribution < 1.29 is 14.1 Å². The first-order valence-electron chi connectivity index (χ1n) is 8.18. The van der Waals surface area contributed by atoms with Gasteiger partial charge in [0.15, 0.2) is 5.76 Å². The summed E-state index contributed by atoms with van der Waals surface area (Å²) in [6.45, 7) is 2.88. The Morgan fingerprint density at radius 2 is 2.15 bits per heavy atom. The summed E-state index contributed by atoms with van der Waals surface area (Å²) < 4.78 is 10.9. The van der Waals surface area contributed by atoms with Crippen molar-refractivity contribution in [2.75, 3.05) is 20.6 Å². The van der Waals surface area contributed by atoms with Crippen molar-refractivity contribution in [3.63, 3.8) is 0 Å². The van der Waals surface area contributed by atoms with Gasteiger partial charge in [-0.25, -0.2) is 0 Å². The van der Waals surface area contributed by atoms with Gasteiger partial charge in [0.05, 0.1) is 23.8 Å². The zero-order chi connectivity index (χ0) is 18.7. The quantitative estimate of drug-likeness (QED) is 0.662. The molecule has 138 valence electrons. The molecular formula is C18H21ClN4O3. The minimum absolute atomic E-state index is 0.0296. The molecule has 3 rings (SSSR count). The van der Waals surface area contributed by atoms with Crippen LogP contribution in [0.25, 0.3) is 10.9 Å². The SMILES string of the molecule is Cc1cc(COc2cc3[nH]c(CNC(=O)CN(C)C)cc3cc2Cl)on1. The third kappa shape index (κ3) is 4.56. The van der Waals surface area contributed by atoms with Gasteiger partial charge >= 0.3 is 0 Å². The molecule has 2 N–H and O–H groups in total. The van der Waals surface area contributed by atoms with Gasteiger partial charge in [-0.2, -0.15) is 0 Å². The number of hydrogen-bond donors (Lipinski definition) is 2. The second-order valence-corrected chi connectivity index (χ2v) is 6.81. The first-order valence-corrected chi connectivity index (χ1v) is 8.56. The maximum Gasteiger partial charge on any atom is 0.234 e. The van der Waals surface area contributed by atoms with Gasteiger partial charge in [-0.1, -0.05) is 16.8 Å². The number of aromatic amines is 1. The van der Waals surface area contributed by atoms with Crippen molar-refractivity contribution in [1.29, 1.82) is 0 Å². The lowest BCUT2D eigenvalue weighted by atomic mass is 10.2. The van der Waals surface area contributed by atoms with E-state index < -0.39 is 0 Å². The smallest absolute Gasteiger partial charge is 0.234 e. The number of likely N-dealkylation sites (N-methyl/N-ethyl adjacent to an activating group) is 1. The molecule has 0 bridgehead atoms. The number of nitrogens with zero attached hydrogens (tertiary/aromatic N) is 2. The molecule has 0 atom stereocenters. The number of aryl methyl sites for hydroxylation is 1. The lowest BCUT2D eigenvalue weighted by molar-refractivity contribution is -0.121. The van der Waals surface area contributed by atoms with E-state index in [1.165, 1.54) is 0 Å². The van der Waals surface area contributed by atoms with E-state index in [9.17, 15) is 4.79 Å². The molecule has 0 aliphatic carbocycles. The maximum absolute atomic E-state index is 11.8. The molecule has 0 spiro atoms. The minimum atomic E-state index is -0.0296. The number of carbonyl (C=O) groups excluding carboxylic acids is 1. The van der Waals surface area contributed by atoms with E-state index >= 15 is 0 Å². The Morgan fingerprint density at radius 3 is 2.85 bits per heavy atom. The number of fused-ring (bicyclic) bond motifs is 1. The number of hydrogen-bond acceptors (Lipinski definition) is 5. The molecule has 0 saturated heterocycles. The topological polar surface area (TPSA) is 83.4 Å². The molecule has 1 aromatic carbocycles. The number of amides is 1. The van der Waals surface area contributed by atoms with Crippen LogP contribution in [0.5, 0.6) is 5.75 Å². The number of aromatic nitrogens is 2. The van der Waals surface area contributed by atoms with Gasteiger partial charge in [0.25, 0.3) is 0 Å². The summed E-state index contributed by atoms with van der Waals surface area (Å²) in [5, 5.41) is 8.16. The van der Waals surface area contributed by atoms with E-state index in [0.29, 0.717) is 29.6 Å². The lowest BCUT2D eigenvalue weighted by Crippen LogP contribution is -2.32.